The minimum absolute atomic E-state index is 0.00975. The molecule has 0 saturated carbocycles. The third-order valence-electron chi connectivity index (χ3n) is 5.77. The zero-order chi connectivity index (χ0) is 24.3. The number of likely N-dealkylation sites (tertiary alicyclic amines) is 1. The summed E-state index contributed by atoms with van der Waals surface area (Å²) in [7, 11) is -1.79. The van der Waals surface area contributed by atoms with E-state index in [4.69, 9.17) is 0 Å². The van der Waals surface area contributed by atoms with Crippen LogP contribution in [0.2, 0.25) is 0 Å². The van der Waals surface area contributed by atoms with E-state index < -0.39 is 30.9 Å². The van der Waals surface area contributed by atoms with Crippen LogP contribution in [0.25, 0.3) is 0 Å². The molecule has 0 bridgehead atoms. The normalized spacial score (nSPS) is 14.8. The second kappa shape index (κ2) is 12.8. The highest BCUT2D eigenvalue weighted by Crippen LogP contribution is 2.12. The second-order valence-corrected chi connectivity index (χ2v) is 8.32. The first-order valence-electron chi connectivity index (χ1n) is 11.5. The lowest BCUT2D eigenvalue weighted by Gasteiger charge is -2.24. The molecule has 1 saturated heterocycles. The molecule has 0 unspecified atom stereocenters. The van der Waals surface area contributed by atoms with Crippen molar-refractivity contribution in [2.75, 3.05) is 13.1 Å². The predicted molar refractivity (Wildman–Crippen MR) is 125 cm³/mol. The minimum Gasteiger partial charge on any atom is -0.426 e. The molecule has 3 rings (SSSR count). The number of nitrogens with zero attached hydrogens (tertiary/aromatic N) is 3. The molecule has 10 nitrogen and oxygen atoms in total. The number of carbonyl (C=O) groups is 3. The van der Waals surface area contributed by atoms with Gasteiger partial charge in [0, 0.05) is 25.5 Å². The van der Waals surface area contributed by atoms with Gasteiger partial charge < -0.3 is 25.6 Å². The summed E-state index contributed by atoms with van der Waals surface area (Å²) in [6, 6.07) is 8.53. The molecule has 0 radical (unpaired) electrons. The molecule has 1 fully saturated rings. The molecule has 1 aliphatic rings. The van der Waals surface area contributed by atoms with E-state index in [0.29, 0.717) is 32.4 Å². The van der Waals surface area contributed by atoms with Crippen LogP contribution in [0.3, 0.4) is 0 Å². The summed E-state index contributed by atoms with van der Waals surface area (Å²) in [6.07, 6.45) is 7.21. The summed E-state index contributed by atoms with van der Waals surface area (Å²) >= 11 is 0. The molecular weight excluding hydrogens is 437 g/mol. The average Bonchev–Trinajstić information content (AvgIpc) is 3.39. The van der Waals surface area contributed by atoms with E-state index in [0.717, 1.165) is 18.4 Å². The van der Waals surface area contributed by atoms with Crippen molar-refractivity contribution in [3.8, 4) is 0 Å². The van der Waals surface area contributed by atoms with Crippen molar-refractivity contribution in [3.63, 3.8) is 0 Å². The van der Waals surface area contributed by atoms with E-state index in [-0.39, 0.29) is 18.0 Å². The largest absolute Gasteiger partial charge is 0.475 e. The lowest BCUT2D eigenvalue weighted by atomic mass is 9.76. The first-order valence-corrected chi connectivity index (χ1v) is 11.5. The maximum Gasteiger partial charge on any atom is 0.475 e. The fourth-order valence-electron chi connectivity index (χ4n) is 3.88. The van der Waals surface area contributed by atoms with E-state index >= 15 is 0 Å². The van der Waals surface area contributed by atoms with Crippen molar-refractivity contribution in [2.45, 2.75) is 50.5 Å². The smallest absolute Gasteiger partial charge is 0.426 e. The number of hydrogen-bond donors (Lipinski definition) is 4. The molecule has 0 spiro atoms. The van der Waals surface area contributed by atoms with Crippen LogP contribution >= 0.6 is 0 Å². The van der Waals surface area contributed by atoms with Crippen molar-refractivity contribution >= 4 is 24.8 Å². The summed E-state index contributed by atoms with van der Waals surface area (Å²) in [4.78, 5) is 47.8. The van der Waals surface area contributed by atoms with Crippen molar-refractivity contribution in [1.82, 2.24) is 25.5 Å². The Hall–Kier alpha value is -3.31. The van der Waals surface area contributed by atoms with Crippen LogP contribution in [0, 0.1) is 0 Å². The highest BCUT2D eigenvalue weighted by Gasteiger charge is 2.32. The molecule has 34 heavy (non-hydrogen) atoms. The van der Waals surface area contributed by atoms with Crippen LogP contribution in [0.4, 0.5) is 0 Å². The molecule has 3 amide bonds. The van der Waals surface area contributed by atoms with Crippen LogP contribution in [0.1, 0.15) is 48.2 Å². The molecule has 1 aromatic carbocycles. The third-order valence-corrected chi connectivity index (χ3v) is 5.77. The van der Waals surface area contributed by atoms with Gasteiger partial charge in [0.15, 0.2) is 0 Å². The van der Waals surface area contributed by atoms with E-state index in [1.807, 2.05) is 30.3 Å². The quantitative estimate of drug-likeness (QED) is 0.343. The molecular formula is C23H30BN5O5. The van der Waals surface area contributed by atoms with Crippen LogP contribution in [0.5, 0.6) is 0 Å². The monoisotopic (exact) mass is 467 g/mol. The lowest BCUT2D eigenvalue weighted by Crippen LogP contribution is -2.55. The van der Waals surface area contributed by atoms with Crippen LogP contribution in [-0.4, -0.2) is 74.8 Å². The molecule has 2 atom stereocenters. The number of aryl methyl sites for hydroxylation is 1. The Kier molecular flexibility index (Phi) is 9.54. The van der Waals surface area contributed by atoms with Crippen molar-refractivity contribution in [2.24, 2.45) is 0 Å². The van der Waals surface area contributed by atoms with Gasteiger partial charge in [0.2, 0.25) is 11.8 Å². The molecule has 1 aliphatic heterocycles. The molecule has 2 aromatic rings. The highest BCUT2D eigenvalue weighted by atomic mass is 16.4. The van der Waals surface area contributed by atoms with Gasteiger partial charge in [0.1, 0.15) is 11.7 Å². The number of carbonyl (C=O) groups excluding carboxylic acids is 3. The van der Waals surface area contributed by atoms with Gasteiger partial charge in [0.25, 0.3) is 5.91 Å². The van der Waals surface area contributed by atoms with E-state index in [2.05, 4.69) is 20.6 Å². The predicted octanol–water partition coefficient (Wildman–Crippen LogP) is 0.107. The first-order chi connectivity index (χ1) is 16.4. The number of amides is 3. The van der Waals surface area contributed by atoms with Gasteiger partial charge in [0.05, 0.1) is 18.6 Å². The lowest BCUT2D eigenvalue weighted by molar-refractivity contribution is -0.134. The fraction of sp³-hybridized carbons (Fsp3) is 0.435. The van der Waals surface area contributed by atoms with Gasteiger partial charge in [-0.2, -0.15) is 0 Å². The van der Waals surface area contributed by atoms with Gasteiger partial charge >= 0.3 is 7.12 Å². The SMILES string of the molecule is O=C(N[C@H](CC(=O)N1CCCC1)C(=O)N[C@@H](CCCc1ccccc1)B(O)O)c1cnccn1. The Morgan fingerprint density at radius 2 is 1.79 bits per heavy atom. The van der Waals surface area contributed by atoms with Crippen LogP contribution in [0.15, 0.2) is 48.9 Å². The Bertz CT molecular complexity index is 941. The molecule has 1 aromatic heterocycles. The standard InChI is InChI=1S/C23H30BN5O5/c30-21(29-13-4-5-14-29)15-18(27-23(32)19-16-25-11-12-26-19)22(31)28-20(24(33)34)10-6-9-17-7-2-1-3-8-17/h1-3,7-8,11-12,16,18,20,33-34H,4-6,9-10,13-15H2,(H,27,32)(H,28,31)/t18-,20+/m1/s1. The number of benzene rings is 1. The van der Waals surface area contributed by atoms with Gasteiger partial charge in [-0.3, -0.25) is 19.4 Å². The highest BCUT2D eigenvalue weighted by molar-refractivity contribution is 6.43. The van der Waals surface area contributed by atoms with E-state index in [1.165, 1.54) is 18.6 Å². The minimum atomic E-state index is -1.79. The fourth-order valence-corrected chi connectivity index (χ4v) is 3.88. The zero-order valence-electron chi connectivity index (χ0n) is 19.0. The van der Waals surface area contributed by atoms with Gasteiger partial charge in [-0.1, -0.05) is 30.3 Å². The van der Waals surface area contributed by atoms with Crippen molar-refractivity contribution in [3.05, 3.63) is 60.2 Å². The third kappa shape index (κ3) is 7.63. The van der Waals surface area contributed by atoms with E-state index in [1.54, 1.807) is 4.90 Å². The Morgan fingerprint density at radius 3 is 2.44 bits per heavy atom. The van der Waals surface area contributed by atoms with Gasteiger partial charge in [-0.05, 0) is 37.7 Å². The topological polar surface area (TPSA) is 145 Å². The summed E-state index contributed by atoms with van der Waals surface area (Å²) in [6.45, 7) is 1.23. The number of aromatic nitrogens is 2. The maximum atomic E-state index is 13.1. The number of hydrogen-bond acceptors (Lipinski definition) is 7. The van der Waals surface area contributed by atoms with Crippen molar-refractivity contribution in [1.29, 1.82) is 0 Å². The Morgan fingerprint density at radius 1 is 1.06 bits per heavy atom. The first kappa shape index (κ1) is 25.3. The average molecular weight is 467 g/mol. The Balaban J connectivity index is 1.64. The molecule has 4 N–H and O–H groups in total. The van der Waals surface area contributed by atoms with Crippen molar-refractivity contribution < 1.29 is 24.4 Å². The summed E-state index contributed by atoms with van der Waals surface area (Å²) in [5, 5.41) is 24.8. The van der Waals surface area contributed by atoms with Crippen LogP contribution in [-0.2, 0) is 16.0 Å². The number of nitrogens with one attached hydrogen (secondary N) is 2. The zero-order valence-corrected chi connectivity index (χ0v) is 19.0. The molecule has 0 aliphatic carbocycles. The van der Waals surface area contributed by atoms with Gasteiger partial charge in [-0.15, -0.1) is 0 Å². The van der Waals surface area contributed by atoms with Gasteiger partial charge in [-0.25, -0.2) is 4.98 Å². The second-order valence-electron chi connectivity index (χ2n) is 8.32. The molecule has 11 heteroatoms. The summed E-state index contributed by atoms with van der Waals surface area (Å²) in [5.74, 6) is -2.51. The molecule has 180 valence electrons. The summed E-state index contributed by atoms with van der Waals surface area (Å²) < 4.78 is 0. The Labute approximate surface area is 198 Å². The van der Waals surface area contributed by atoms with Crippen LogP contribution < -0.4 is 10.6 Å². The maximum absolute atomic E-state index is 13.1. The summed E-state index contributed by atoms with van der Waals surface area (Å²) in [5.41, 5.74) is 1.11. The van der Waals surface area contributed by atoms with E-state index in [9.17, 15) is 24.4 Å². The number of rotatable bonds is 11. The molecule has 2 heterocycles.